The van der Waals surface area contributed by atoms with Gasteiger partial charge in [0.25, 0.3) is 0 Å². The third-order valence-corrected chi connectivity index (χ3v) is 5.71. The number of benzene rings is 2. The van der Waals surface area contributed by atoms with E-state index in [4.69, 9.17) is 4.74 Å². The Hall–Kier alpha value is -2.10. The molecule has 2 aromatic carbocycles. The molecule has 9 heteroatoms. The molecule has 0 unspecified atom stereocenters. The molecular weight excluding hydrogens is 441 g/mol. The van der Waals surface area contributed by atoms with Crippen molar-refractivity contribution in [3.8, 4) is 0 Å². The maximum absolute atomic E-state index is 12.9. The molecule has 0 bridgehead atoms. The lowest BCUT2D eigenvalue weighted by Crippen LogP contribution is -2.30. The molecule has 0 aromatic heterocycles. The topological polar surface area (TPSA) is 89.5 Å². The predicted molar refractivity (Wildman–Crippen MR) is 101 cm³/mol. The van der Waals surface area contributed by atoms with Gasteiger partial charge in [0, 0.05) is 16.1 Å². The number of hydrogen-bond donors (Lipinski definition) is 1. The average Bonchev–Trinajstić information content (AvgIpc) is 2.59. The third kappa shape index (κ3) is 5.69. The van der Waals surface area contributed by atoms with Crippen LogP contribution in [0.3, 0.4) is 0 Å². The van der Waals surface area contributed by atoms with Crippen molar-refractivity contribution in [1.82, 2.24) is 4.72 Å². The fourth-order valence-electron chi connectivity index (χ4n) is 2.13. The van der Waals surface area contributed by atoms with E-state index in [1.807, 2.05) is 0 Å². The van der Waals surface area contributed by atoms with E-state index in [1.165, 1.54) is 30.3 Å². The van der Waals surface area contributed by atoms with Gasteiger partial charge in [-0.25, -0.2) is 22.3 Å². The normalized spacial score (nSPS) is 11.4. The van der Waals surface area contributed by atoms with E-state index in [0.717, 1.165) is 12.1 Å². The van der Waals surface area contributed by atoms with Crippen molar-refractivity contribution in [2.24, 2.45) is 0 Å². The number of halogens is 2. The minimum absolute atomic E-state index is 0.0338. The van der Waals surface area contributed by atoms with Crippen molar-refractivity contribution in [1.29, 1.82) is 0 Å². The van der Waals surface area contributed by atoms with Gasteiger partial charge in [0.2, 0.25) is 10.0 Å². The number of rotatable bonds is 7. The van der Waals surface area contributed by atoms with Gasteiger partial charge in [-0.05, 0) is 72.2 Å². The van der Waals surface area contributed by atoms with Crippen LogP contribution in [0.5, 0.6) is 0 Å². The minimum Gasteiger partial charge on any atom is -0.454 e. The minimum atomic E-state index is -3.79. The van der Waals surface area contributed by atoms with E-state index >= 15 is 0 Å². The molecule has 144 valence electrons. The molecule has 2 rings (SSSR count). The van der Waals surface area contributed by atoms with Gasteiger partial charge in [0.1, 0.15) is 5.82 Å². The smallest absolute Gasteiger partial charge is 0.339 e. The zero-order chi connectivity index (χ0) is 20.2. The van der Waals surface area contributed by atoms with E-state index in [-0.39, 0.29) is 22.1 Å². The van der Waals surface area contributed by atoms with Crippen LogP contribution >= 0.6 is 15.9 Å². The quantitative estimate of drug-likeness (QED) is 0.508. The molecule has 0 saturated heterocycles. The van der Waals surface area contributed by atoms with Crippen molar-refractivity contribution in [2.75, 3.05) is 6.61 Å². The predicted octanol–water partition coefficient (Wildman–Crippen LogP) is 3.31. The molecule has 0 atom stereocenters. The average molecular weight is 458 g/mol. The van der Waals surface area contributed by atoms with Gasteiger partial charge in [0.05, 0.1) is 10.5 Å². The molecule has 2 aromatic rings. The summed E-state index contributed by atoms with van der Waals surface area (Å²) in [5.41, 5.74) is 0.161. The van der Waals surface area contributed by atoms with Crippen LogP contribution < -0.4 is 4.72 Å². The van der Waals surface area contributed by atoms with Crippen molar-refractivity contribution in [2.45, 2.75) is 24.8 Å². The SMILES string of the molecule is CC(C)NS(=O)(=O)c1ccc(Br)c(C(=O)OCC(=O)c2ccc(F)cc2)c1. The number of carbonyl (C=O) groups excluding carboxylic acids is 2. The first-order valence-electron chi connectivity index (χ1n) is 7.88. The van der Waals surface area contributed by atoms with E-state index in [1.54, 1.807) is 13.8 Å². The number of Topliss-reactive ketones (excluding diaryl/α,β-unsaturated/α-hetero) is 1. The first-order chi connectivity index (χ1) is 12.6. The van der Waals surface area contributed by atoms with Crippen LogP contribution in [0, 0.1) is 5.82 Å². The summed E-state index contributed by atoms with van der Waals surface area (Å²) in [6.45, 7) is 2.79. The summed E-state index contributed by atoms with van der Waals surface area (Å²) in [7, 11) is -3.79. The second-order valence-electron chi connectivity index (χ2n) is 5.92. The lowest BCUT2D eigenvalue weighted by atomic mass is 10.1. The summed E-state index contributed by atoms with van der Waals surface area (Å²) in [6, 6.07) is 8.42. The Balaban J connectivity index is 2.15. The van der Waals surface area contributed by atoms with Crippen LogP contribution in [0.15, 0.2) is 51.8 Å². The summed E-state index contributed by atoms with van der Waals surface area (Å²) >= 11 is 3.17. The number of nitrogens with one attached hydrogen (secondary N) is 1. The molecule has 27 heavy (non-hydrogen) atoms. The summed E-state index contributed by atoms with van der Waals surface area (Å²) in [5.74, 6) is -1.86. The molecule has 1 N–H and O–H groups in total. The lowest BCUT2D eigenvalue weighted by molar-refractivity contribution is 0.0473. The van der Waals surface area contributed by atoms with Crippen LogP contribution in [0.25, 0.3) is 0 Å². The van der Waals surface area contributed by atoms with Crippen LogP contribution in [-0.4, -0.2) is 32.8 Å². The number of ketones is 1. The van der Waals surface area contributed by atoms with Gasteiger partial charge >= 0.3 is 5.97 Å². The maximum atomic E-state index is 12.9. The van der Waals surface area contributed by atoms with Gasteiger partial charge in [-0.1, -0.05) is 0 Å². The van der Waals surface area contributed by atoms with Crippen molar-refractivity contribution < 1.29 is 27.1 Å². The van der Waals surface area contributed by atoms with E-state index in [9.17, 15) is 22.4 Å². The standard InChI is InChI=1S/C18H17BrFNO5S/c1-11(2)21-27(24,25)14-7-8-16(19)15(9-14)18(23)26-10-17(22)12-3-5-13(20)6-4-12/h3-9,11,21H,10H2,1-2H3. The van der Waals surface area contributed by atoms with Crippen LogP contribution in [0.1, 0.15) is 34.6 Å². The molecule has 0 radical (unpaired) electrons. The van der Waals surface area contributed by atoms with Crippen LogP contribution in [0.2, 0.25) is 0 Å². The number of hydrogen-bond acceptors (Lipinski definition) is 5. The summed E-state index contributed by atoms with van der Waals surface area (Å²) in [6.07, 6.45) is 0. The Morgan fingerprint density at radius 1 is 1.15 bits per heavy atom. The molecule has 0 aliphatic heterocycles. The first-order valence-corrected chi connectivity index (χ1v) is 10.2. The number of sulfonamides is 1. The highest BCUT2D eigenvalue weighted by atomic mass is 79.9. The van der Waals surface area contributed by atoms with Crippen LogP contribution in [0.4, 0.5) is 4.39 Å². The summed E-state index contributed by atoms with van der Waals surface area (Å²) < 4.78 is 45.1. The Morgan fingerprint density at radius 3 is 2.37 bits per heavy atom. The highest BCUT2D eigenvalue weighted by Crippen LogP contribution is 2.22. The molecule has 0 aliphatic carbocycles. The first kappa shape index (κ1) is 21.2. The van der Waals surface area contributed by atoms with Gasteiger partial charge in [-0.2, -0.15) is 0 Å². The summed E-state index contributed by atoms with van der Waals surface area (Å²) in [4.78, 5) is 24.2. The highest BCUT2D eigenvalue weighted by Gasteiger charge is 2.21. The molecule has 0 saturated carbocycles. The second-order valence-corrected chi connectivity index (χ2v) is 8.49. The Kier molecular flexibility index (Phi) is 6.85. The second kappa shape index (κ2) is 8.73. The van der Waals surface area contributed by atoms with Crippen molar-refractivity contribution in [3.05, 3.63) is 63.9 Å². The largest absolute Gasteiger partial charge is 0.454 e. The zero-order valence-electron chi connectivity index (χ0n) is 14.5. The molecule has 0 amide bonds. The summed E-state index contributed by atoms with van der Waals surface area (Å²) in [5, 5.41) is 0. The molecular formula is C18H17BrFNO5S. The van der Waals surface area contributed by atoms with Crippen molar-refractivity contribution in [3.63, 3.8) is 0 Å². The van der Waals surface area contributed by atoms with Gasteiger partial charge in [-0.3, -0.25) is 4.79 Å². The fourth-order valence-corrected chi connectivity index (χ4v) is 3.82. The fraction of sp³-hybridized carbons (Fsp3) is 0.222. The maximum Gasteiger partial charge on any atom is 0.339 e. The van der Waals surface area contributed by atoms with Gasteiger partial charge in [0.15, 0.2) is 12.4 Å². The lowest BCUT2D eigenvalue weighted by Gasteiger charge is -2.11. The monoisotopic (exact) mass is 457 g/mol. The molecule has 0 heterocycles. The number of ether oxygens (including phenoxy) is 1. The van der Waals surface area contributed by atoms with Gasteiger partial charge < -0.3 is 4.74 Å². The Labute approximate surface area is 164 Å². The van der Waals surface area contributed by atoms with E-state index in [0.29, 0.717) is 4.47 Å². The highest BCUT2D eigenvalue weighted by molar-refractivity contribution is 9.10. The van der Waals surface area contributed by atoms with Gasteiger partial charge in [-0.15, -0.1) is 0 Å². The zero-order valence-corrected chi connectivity index (χ0v) is 16.9. The molecule has 6 nitrogen and oxygen atoms in total. The van der Waals surface area contributed by atoms with Crippen molar-refractivity contribution >= 4 is 37.7 Å². The van der Waals surface area contributed by atoms with E-state index in [2.05, 4.69) is 20.7 Å². The Morgan fingerprint density at radius 2 is 1.78 bits per heavy atom. The van der Waals surface area contributed by atoms with Crippen LogP contribution in [-0.2, 0) is 14.8 Å². The number of esters is 1. The molecule has 0 aliphatic rings. The molecule has 0 spiro atoms. The third-order valence-electron chi connectivity index (χ3n) is 3.36. The number of carbonyl (C=O) groups is 2. The molecule has 0 fully saturated rings. The Bertz CT molecular complexity index is 958. The van der Waals surface area contributed by atoms with E-state index < -0.39 is 34.2 Å².